The van der Waals surface area contributed by atoms with Crippen molar-refractivity contribution in [2.45, 2.75) is 0 Å². The summed E-state index contributed by atoms with van der Waals surface area (Å²) in [6.07, 6.45) is 1.56. The molecule has 0 atom stereocenters. The number of halogens is 1. The molecule has 7 nitrogen and oxygen atoms in total. The van der Waals surface area contributed by atoms with Gasteiger partial charge in [-0.2, -0.15) is 0 Å². The van der Waals surface area contributed by atoms with Crippen molar-refractivity contribution in [2.75, 3.05) is 24.9 Å². The average molecular weight is 445 g/mol. The highest BCUT2D eigenvalue weighted by atomic mass is 19.1. The lowest BCUT2D eigenvalue weighted by Gasteiger charge is -2.13. The maximum atomic E-state index is 14.3. The molecule has 0 aliphatic carbocycles. The average Bonchev–Trinajstić information content (AvgIpc) is 2.85. The third kappa shape index (κ3) is 4.59. The Kier molecular flexibility index (Phi) is 6.17. The van der Waals surface area contributed by atoms with Gasteiger partial charge in [0.2, 0.25) is 0 Å². The summed E-state index contributed by atoms with van der Waals surface area (Å²) in [4.78, 5) is 29.6. The Morgan fingerprint density at radius 3 is 2.18 bits per heavy atom. The summed E-state index contributed by atoms with van der Waals surface area (Å²) >= 11 is 0. The number of hydrogen-bond acceptors (Lipinski definition) is 5. The number of aromatic nitrogens is 1. The van der Waals surface area contributed by atoms with E-state index in [1.165, 1.54) is 26.4 Å². The van der Waals surface area contributed by atoms with E-state index in [0.717, 1.165) is 6.07 Å². The van der Waals surface area contributed by atoms with Crippen molar-refractivity contribution in [1.29, 1.82) is 0 Å². The second kappa shape index (κ2) is 9.35. The van der Waals surface area contributed by atoms with Gasteiger partial charge in [0.1, 0.15) is 5.82 Å². The number of anilines is 2. The summed E-state index contributed by atoms with van der Waals surface area (Å²) in [5.41, 5.74) is 1.54. The Hall–Kier alpha value is -4.46. The Labute approximate surface area is 189 Å². The Morgan fingerprint density at radius 1 is 0.788 bits per heavy atom. The van der Waals surface area contributed by atoms with Crippen molar-refractivity contribution < 1.29 is 23.5 Å². The van der Waals surface area contributed by atoms with Gasteiger partial charge in [-0.3, -0.25) is 14.6 Å². The molecule has 0 radical (unpaired) electrons. The lowest BCUT2D eigenvalue weighted by atomic mass is 10.1. The molecule has 4 aromatic rings. The van der Waals surface area contributed by atoms with Crippen LogP contribution in [0.1, 0.15) is 20.7 Å². The van der Waals surface area contributed by atoms with Gasteiger partial charge in [-0.25, -0.2) is 4.39 Å². The minimum absolute atomic E-state index is 0.0949. The van der Waals surface area contributed by atoms with Gasteiger partial charge < -0.3 is 20.1 Å². The molecule has 166 valence electrons. The number of pyridine rings is 1. The maximum absolute atomic E-state index is 14.3. The summed E-state index contributed by atoms with van der Waals surface area (Å²) < 4.78 is 25.0. The fourth-order valence-electron chi connectivity index (χ4n) is 3.32. The van der Waals surface area contributed by atoms with Crippen molar-refractivity contribution in [2.24, 2.45) is 0 Å². The first-order valence-electron chi connectivity index (χ1n) is 9.98. The zero-order valence-electron chi connectivity index (χ0n) is 17.9. The summed E-state index contributed by atoms with van der Waals surface area (Å²) in [6, 6.07) is 17.2. The van der Waals surface area contributed by atoms with E-state index in [-0.39, 0.29) is 11.3 Å². The molecule has 0 saturated carbocycles. The van der Waals surface area contributed by atoms with Crippen LogP contribution >= 0.6 is 0 Å². The van der Waals surface area contributed by atoms with Gasteiger partial charge in [0.15, 0.2) is 11.5 Å². The van der Waals surface area contributed by atoms with Gasteiger partial charge in [-0.05, 0) is 42.5 Å². The van der Waals surface area contributed by atoms with Crippen molar-refractivity contribution in [1.82, 2.24) is 4.98 Å². The standard InChI is InChI=1S/C25H20FN3O4/c1-32-22-13-17-19(10-11-27-20(17)14-23(22)33-2)28-25(31)16-8-9-18(26)21(12-16)29-24(30)15-6-4-3-5-7-15/h3-14H,1-2H3,(H,29,30)(H,27,28,31). The zero-order valence-corrected chi connectivity index (χ0v) is 17.9. The number of nitrogens with one attached hydrogen (secondary N) is 2. The number of amides is 2. The molecule has 0 bridgehead atoms. The third-order valence-corrected chi connectivity index (χ3v) is 5.01. The number of nitrogens with zero attached hydrogens (tertiary/aromatic N) is 1. The largest absolute Gasteiger partial charge is 0.493 e. The Morgan fingerprint density at radius 2 is 1.45 bits per heavy atom. The molecule has 4 rings (SSSR count). The van der Waals surface area contributed by atoms with Crippen LogP contribution < -0.4 is 20.1 Å². The first-order valence-corrected chi connectivity index (χ1v) is 9.98. The minimum Gasteiger partial charge on any atom is -0.493 e. The second-order valence-electron chi connectivity index (χ2n) is 7.05. The van der Waals surface area contributed by atoms with Gasteiger partial charge in [0.25, 0.3) is 11.8 Å². The monoisotopic (exact) mass is 445 g/mol. The molecule has 0 saturated heterocycles. The SMILES string of the molecule is COc1cc2nccc(NC(=O)c3ccc(F)c(NC(=O)c4ccccc4)c3)c2cc1OC. The molecular formula is C25H20FN3O4. The van der Waals surface area contributed by atoms with E-state index < -0.39 is 17.6 Å². The van der Waals surface area contributed by atoms with Crippen molar-refractivity contribution in [3.63, 3.8) is 0 Å². The molecule has 3 aromatic carbocycles. The molecule has 0 fully saturated rings. The number of methoxy groups -OCH3 is 2. The van der Waals surface area contributed by atoms with E-state index in [4.69, 9.17) is 9.47 Å². The molecule has 1 aromatic heterocycles. The smallest absolute Gasteiger partial charge is 0.255 e. The number of rotatable bonds is 6. The number of carbonyl (C=O) groups excluding carboxylic acids is 2. The van der Waals surface area contributed by atoms with Crippen LogP contribution in [0.25, 0.3) is 10.9 Å². The maximum Gasteiger partial charge on any atom is 0.255 e. The van der Waals surface area contributed by atoms with Crippen LogP contribution in [0.3, 0.4) is 0 Å². The molecule has 0 aliphatic heterocycles. The summed E-state index contributed by atoms with van der Waals surface area (Å²) in [6.45, 7) is 0. The fraction of sp³-hybridized carbons (Fsp3) is 0.0800. The molecule has 0 unspecified atom stereocenters. The van der Waals surface area contributed by atoms with Gasteiger partial charge in [0, 0.05) is 28.8 Å². The van der Waals surface area contributed by atoms with Crippen molar-refractivity contribution in [3.8, 4) is 11.5 Å². The van der Waals surface area contributed by atoms with E-state index in [0.29, 0.717) is 33.7 Å². The van der Waals surface area contributed by atoms with E-state index in [9.17, 15) is 14.0 Å². The van der Waals surface area contributed by atoms with Crippen LogP contribution in [-0.4, -0.2) is 31.0 Å². The summed E-state index contributed by atoms with van der Waals surface area (Å²) in [5, 5.41) is 5.96. The molecule has 2 amide bonds. The highest BCUT2D eigenvalue weighted by Crippen LogP contribution is 2.34. The van der Waals surface area contributed by atoms with Gasteiger partial charge in [-0.15, -0.1) is 0 Å². The Bertz CT molecular complexity index is 1340. The van der Waals surface area contributed by atoms with Crippen LogP contribution in [0.15, 0.2) is 72.9 Å². The molecule has 33 heavy (non-hydrogen) atoms. The number of fused-ring (bicyclic) bond motifs is 1. The predicted molar refractivity (Wildman–Crippen MR) is 124 cm³/mol. The van der Waals surface area contributed by atoms with Crippen LogP contribution in [0.2, 0.25) is 0 Å². The second-order valence-corrected chi connectivity index (χ2v) is 7.05. The molecule has 0 aliphatic rings. The number of ether oxygens (including phenoxy) is 2. The molecule has 1 heterocycles. The van der Waals surface area contributed by atoms with Crippen LogP contribution in [0, 0.1) is 5.82 Å². The van der Waals surface area contributed by atoms with Gasteiger partial charge >= 0.3 is 0 Å². The van der Waals surface area contributed by atoms with E-state index in [1.807, 2.05) is 0 Å². The number of carbonyl (C=O) groups is 2. The highest BCUT2D eigenvalue weighted by Gasteiger charge is 2.15. The van der Waals surface area contributed by atoms with Crippen molar-refractivity contribution in [3.05, 3.63) is 89.9 Å². The lowest BCUT2D eigenvalue weighted by Crippen LogP contribution is -2.16. The first-order chi connectivity index (χ1) is 16.0. The normalized spacial score (nSPS) is 10.5. The molecule has 8 heteroatoms. The first kappa shape index (κ1) is 21.8. The van der Waals surface area contributed by atoms with Crippen LogP contribution in [0.4, 0.5) is 15.8 Å². The fourth-order valence-corrected chi connectivity index (χ4v) is 3.32. The van der Waals surface area contributed by atoms with Gasteiger partial charge in [0.05, 0.1) is 31.1 Å². The molecule has 2 N–H and O–H groups in total. The minimum atomic E-state index is -0.651. The van der Waals surface area contributed by atoms with E-state index in [2.05, 4.69) is 15.6 Å². The zero-order chi connectivity index (χ0) is 23.4. The summed E-state index contributed by atoms with van der Waals surface area (Å²) in [7, 11) is 3.04. The van der Waals surface area contributed by atoms with E-state index in [1.54, 1.807) is 54.7 Å². The number of hydrogen-bond donors (Lipinski definition) is 2. The number of benzene rings is 3. The highest BCUT2D eigenvalue weighted by molar-refractivity contribution is 6.10. The molecular weight excluding hydrogens is 425 g/mol. The molecule has 0 spiro atoms. The Balaban J connectivity index is 1.61. The lowest BCUT2D eigenvalue weighted by molar-refractivity contribution is 0.101. The topological polar surface area (TPSA) is 89.5 Å². The van der Waals surface area contributed by atoms with Crippen LogP contribution in [-0.2, 0) is 0 Å². The van der Waals surface area contributed by atoms with E-state index >= 15 is 0 Å². The quantitative estimate of drug-likeness (QED) is 0.441. The van der Waals surface area contributed by atoms with Gasteiger partial charge in [-0.1, -0.05) is 18.2 Å². The van der Waals surface area contributed by atoms with Crippen molar-refractivity contribution >= 4 is 34.1 Å². The van der Waals surface area contributed by atoms with Crippen LogP contribution in [0.5, 0.6) is 11.5 Å². The third-order valence-electron chi connectivity index (χ3n) is 5.01. The summed E-state index contributed by atoms with van der Waals surface area (Å²) in [5.74, 6) is -0.609. The predicted octanol–water partition coefficient (Wildman–Crippen LogP) is 4.90.